The van der Waals surface area contributed by atoms with E-state index >= 15 is 0 Å². The Balaban J connectivity index is 2.94. The summed E-state index contributed by atoms with van der Waals surface area (Å²) >= 11 is 0. The zero-order valence-electron chi connectivity index (χ0n) is 11.5. The van der Waals surface area contributed by atoms with Gasteiger partial charge in [0.25, 0.3) is 0 Å². The molecule has 0 saturated heterocycles. The molecule has 0 saturated carbocycles. The monoisotopic (exact) mass is 249 g/mol. The lowest BCUT2D eigenvalue weighted by Crippen LogP contribution is -2.36. The van der Waals surface area contributed by atoms with E-state index in [2.05, 4.69) is 18.7 Å². The van der Waals surface area contributed by atoms with Crippen LogP contribution in [0.4, 0.5) is 5.69 Å². The van der Waals surface area contributed by atoms with Gasteiger partial charge in [-0.05, 0) is 44.0 Å². The number of hydrogen-bond donors (Lipinski definition) is 1. The van der Waals surface area contributed by atoms with E-state index in [1.54, 1.807) is 6.92 Å². The van der Waals surface area contributed by atoms with Crippen molar-refractivity contribution >= 4 is 11.5 Å². The first kappa shape index (κ1) is 14.7. The van der Waals surface area contributed by atoms with Gasteiger partial charge >= 0.3 is 0 Å². The minimum Gasteiger partial charge on any atom is -0.395 e. The number of benzene rings is 1. The SMILES string of the molecule is CCC(CC)N(CCO)c1ccc(C(C)=O)cc1. The Morgan fingerprint density at radius 1 is 1.22 bits per heavy atom. The van der Waals surface area contributed by atoms with E-state index in [4.69, 9.17) is 0 Å². The number of hydrogen-bond acceptors (Lipinski definition) is 3. The number of aliphatic hydroxyl groups excluding tert-OH is 1. The van der Waals surface area contributed by atoms with E-state index in [9.17, 15) is 9.90 Å². The summed E-state index contributed by atoms with van der Waals surface area (Å²) in [6.45, 7) is 6.66. The molecule has 0 aliphatic heterocycles. The Morgan fingerprint density at radius 3 is 2.17 bits per heavy atom. The summed E-state index contributed by atoms with van der Waals surface area (Å²) in [5.41, 5.74) is 1.80. The lowest BCUT2D eigenvalue weighted by atomic mass is 10.1. The van der Waals surface area contributed by atoms with Crippen LogP contribution in [0, 0.1) is 0 Å². The average Bonchev–Trinajstić information content (AvgIpc) is 2.39. The molecule has 0 unspecified atom stereocenters. The largest absolute Gasteiger partial charge is 0.395 e. The molecular formula is C15H23NO2. The Labute approximate surface area is 109 Å². The Hall–Kier alpha value is -1.35. The Bertz CT molecular complexity index is 369. The molecule has 3 heteroatoms. The molecule has 0 amide bonds. The predicted molar refractivity (Wildman–Crippen MR) is 75.2 cm³/mol. The molecule has 0 bridgehead atoms. The number of rotatable bonds is 7. The summed E-state index contributed by atoms with van der Waals surface area (Å²) in [5, 5.41) is 9.18. The van der Waals surface area contributed by atoms with Crippen LogP contribution in [0.5, 0.6) is 0 Å². The highest BCUT2D eigenvalue weighted by atomic mass is 16.3. The summed E-state index contributed by atoms with van der Waals surface area (Å²) < 4.78 is 0. The fraction of sp³-hybridized carbons (Fsp3) is 0.533. The second-order valence-corrected chi connectivity index (χ2v) is 4.49. The van der Waals surface area contributed by atoms with Crippen molar-refractivity contribution in [3.63, 3.8) is 0 Å². The van der Waals surface area contributed by atoms with Gasteiger partial charge in [0, 0.05) is 23.8 Å². The summed E-state index contributed by atoms with van der Waals surface area (Å²) in [6, 6.07) is 8.06. The topological polar surface area (TPSA) is 40.5 Å². The summed E-state index contributed by atoms with van der Waals surface area (Å²) in [7, 11) is 0. The fourth-order valence-electron chi connectivity index (χ4n) is 2.25. The van der Waals surface area contributed by atoms with Crippen molar-refractivity contribution in [2.45, 2.75) is 39.7 Å². The first-order valence-corrected chi connectivity index (χ1v) is 6.62. The van der Waals surface area contributed by atoms with E-state index in [1.165, 1.54) is 0 Å². The van der Waals surface area contributed by atoms with E-state index in [0.29, 0.717) is 12.6 Å². The molecule has 1 rings (SSSR count). The van der Waals surface area contributed by atoms with Gasteiger partial charge in [-0.25, -0.2) is 0 Å². The van der Waals surface area contributed by atoms with Gasteiger partial charge in [-0.2, -0.15) is 0 Å². The molecule has 1 aromatic carbocycles. The molecule has 0 radical (unpaired) electrons. The van der Waals surface area contributed by atoms with Gasteiger partial charge in [0.15, 0.2) is 5.78 Å². The van der Waals surface area contributed by atoms with Crippen molar-refractivity contribution in [1.29, 1.82) is 0 Å². The second-order valence-electron chi connectivity index (χ2n) is 4.49. The van der Waals surface area contributed by atoms with Gasteiger partial charge in [0.2, 0.25) is 0 Å². The van der Waals surface area contributed by atoms with Gasteiger partial charge in [0.1, 0.15) is 0 Å². The third-order valence-electron chi connectivity index (χ3n) is 3.33. The molecule has 3 nitrogen and oxygen atoms in total. The smallest absolute Gasteiger partial charge is 0.159 e. The van der Waals surface area contributed by atoms with Crippen molar-refractivity contribution in [3.05, 3.63) is 29.8 Å². The molecule has 0 aliphatic rings. The van der Waals surface area contributed by atoms with Crippen LogP contribution < -0.4 is 4.90 Å². The van der Waals surface area contributed by atoms with Crippen LogP contribution in [0.3, 0.4) is 0 Å². The normalized spacial score (nSPS) is 10.7. The molecule has 18 heavy (non-hydrogen) atoms. The van der Waals surface area contributed by atoms with Crippen LogP contribution in [-0.4, -0.2) is 30.1 Å². The highest BCUT2D eigenvalue weighted by Gasteiger charge is 2.15. The molecular weight excluding hydrogens is 226 g/mol. The number of Topliss-reactive ketones (excluding diaryl/α,β-unsaturated/α-hetero) is 1. The first-order chi connectivity index (χ1) is 8.63. The minimum atomic E-state index is 0.0813. The summed E-state index contributed by atoms with van der Waals surface area (Å²) in [6.07, 6.45) is 2.09. The van der Waals surface area contributed by atoms with Gasteiger partial charge in [-0.15, -0.1) is 0 Å². The third kappa shape index (κ3) is 3.57. The number of aliphatic hydroxyl groups is 1. The summed E-state index contributed by atoms with van der Waals surface area (Å²) in [4.78, 5) is 13.5. The van der Waals surface area contributed by atoms with Gasteiger partial charge in [0.05, 0.1) is 6.61 Å². The molecule has 0 aliphatic carbocycles. The zero-order chi connectivity index (χ0) is 13.5. The average molecular weight is 249 g/mol. The molecule has 0 fully saturated rings. The lowest BCUT2D eigenvalue weighted by molar-refractivity contribution is 0.101. The maximum absolute atomic E-state index is 11.2. The van der Waals surface area contributed by atoms with E-state index in [1.807, 2.05) is 24.3 Å². The van der Waals surface area contributed by atoms with Crippen LogP contribution in [0.2, 0.25) is 0 Å². The van der Waals surface area contributed by atoms with Crippen LogP contribution in [0.15, 0.2) is 24.3 Å². The standard InChI is InChI=1S/C15H23NO2/c1-4-14(5-2)16(10-11-17)15-8-6-13(7-9-15)12(3)18/h6-9,14,17H,4-5,10-11H2,1-3H3. The highest BCUT2D eigenvalue weighted by molar-refractivity contribution is 5.94. The van der Waals surface area contributed by atoms with Crippen LogP contribution in [-0.2, 0) is 0 Å². The number of carbonyl (C=O) groups excluding carboxylic acids is 1. The highest BCUT2D eigenvalue weighted by Crippen LogP contribution is 2.21. The molecule has 0 spiro atoms. The number of nitrogens with zero attached hydrogens (tertiary/aromatic N) is 1. The van der Waals surface area contributed by atoms with Crippen molar-refractivity contribution in [2.24, 2.45) is 0 Å². The molecule has 0 aromatic heterocycles. The molecule has 0 heterocycles. The Kier molecular flexibility index (Phi) is 5.86. The van der Waals surface area contributed by atoms with Crippen molar-refractivity contribution < 1.29 is 9.90 Å². The molecule has 1 N–H and O–H groups in total. The quantitative estimate of drug-likeness (QED) is 0.755. The zero-order valence-corrected chi connectivity index (χ0v) is 11.5. The predicted octanol–water partition coefficient (Wildman–Crippen LogP) is 2.88. The third-order valence-corrected chi connectivity index (χ3v) is 3.33. The molecule has 0 atom stereocenters. The van der Waals surface area contributed by atoms with E-state index in [0.717, 1.165) is 24.1 Å². The second kappa shape index (κ2) is 7.17. The minimum absolute atomic E-state index is 0.0813. The first-order valence-electron chi connectivity index (χ1n) is 6.62. The fourth-order valence-corrected chi connectivity index (χ4v) is 2.25. The number of carbonyl (C=O) groups is 1. The maximum Gasteiger partial charge on any atom is 0.159 e. The van der Waals surface area contributed by atoms with Crippen molar-refractivity contribution in [2.75, 3.05) is 18.1 Å². The molecule has 100 valence electrons. The van der Waals surface area contributed by atoms with E-state index in [-0.39, 0.29) is 12.4 Å². The maximum atomic E-state index is 11.2. The molecule has 1 aromatic rings. The Morgan fingerprint density at radius 2 is 1.78 bits per heavy atom. The van der Waals surface area contributed by atoms with Crippen molar-refractivity contribution in [3.8, 4) is 0 Å². The summed E-state index contributed by atoms with van der Waals surface area (Å²) in [5.74, 6) is 0.0813. The van der Waals surface area contributed by atoms with E-state index < -0.39 is 0 Å². The van der Waals surface area contributed by atoms with Gasteiger partial charge in [-0.3, -0.25) is 4.79 Å². The van der Waals surface area contributed by atoms with Crippen LogP contribution >= 0.6 is 0 Å². The number of ketones is 1. The van der Waals surface area contributed by atoms with Crippen LogP contribution in [0.1, 0.15) is 44.0 Å². The lowest BCUT2D eigenvalue weighted by Gasteiger charge is -2.32. The van der Waals surface area contributed by atoms with Gasteiger partial charge < -0.3 is 10.0 Å². The number of anilines is 1. The van der Waals surface area contributed by atoms with Crippen molar-refractivity contribution in [1.82, 2.24) is 0 Å². The van der Waals surface area contributed by atoms with Gasteiger partial charge in [-0.1, -0.05) is 13.8 Å². The van der Waals surface area contributed by atoms with Crippen LogP contribution in [0.25, 0.3) is 0 Å².